The van der Waals surface area contributed by atoms with E-state index in [1.165, 1.54) is 12.5 Å². The zero-order valence-corrected chi connectivity index (χ0v) is 22.3. The monoisotopic (exact) mass is 594 g/mol. The van der Waals surface area contributed by atoms with Crippen molar-refractivity contribution in [3.63, 3.8) is 0 Å². The fourth-order valence-electron chi connectivity index (χ4n) is 4.99. The molecule has 0 amide bonds. The molecule has 1 aliphatic rings. The van der Waals surface area contributed by atoms with Crippen LogP contribution >= 0.6 is 0 Å². The average Bonchev–Trinajstić information content (AvgIpc) is 3.70. The molecule has 1 aliphatic heterocycles. The number of nitrogens with zero attached hydrogens (tertiary/aromatic N) is 6. The summed E-state index contributed by atoms with van der Waals surface area (Å²) in [7, 11) is 0. The van der Waals surface area contributed by atoms with Crippen molar-refractivity contribution >= 4 is 0 Å². The van der Waals surface area contributed by atoms with Gasteiger partial charge in [-0.2, -0.15) is 0 Å². The number of ether oxygens (including phenoxy) is 2. The van der Waals surface area contributed by atoms with Crippen LogP contribution in [0.5, 0.6) is 5.75 Å². The van der Waals surface area contributed by atoms with E-state index in [1.54, 1.807) is 28.8 Å². The van der Waals surface area contributed by atoms with E-state index in [4.69, 9.17) is 9.47 Å². The van der Waals surface area contributed by atoms with Gasteiger partial charge < -0.3 is 24.8 Å². The van der Waals surface area contributed by atoms with Crippen LogP contribution in [-0.2, 0) is 11.3 Å². The molecule has 0 aliphatic carbocycles. The van der Waals surface area contributed by atoms with Crippen LogP contribution in [0.15, 0.2) is 79.3 Å². The number of aliphatic hydroxyl groups excluding tert-OH is 3. The molecule has 11 nitrogen and oxygen atoms in total. The highest BCUT2D eigenvalue weighted by atomic mass is 19.2. The second-order valence-electron chi connectivity index (χ2n) is 9.92. The first-order valence-corrected chi connectivity index (χ1v) is 13.2. The molecule has 0 saturated carbocycles. The van der Waals surface area contributed by atoms with Crippen LogP contribution in [-0.4, -0.2) is 70.0 Å². The van der Waals surface area contributed by atoms with Crippen LogP contribution in [0.1, 0.15) is 23.5 Å². The van der Waals surface area contributed by atoms with E-state index < -0.39 is 54.5 Å². The Labute approximate surface area is 242 Å². The van der Waals surface area contributed by atoms with Gasteiger partial charge in [-0.25, -0.2) is 17.9 Å². The van der Waals surface area contributed by atoms with E-state index in [0.717, 1.165) is 22.4 Å². The molecule has 3 N–H and O–H groups in total. The maximum absolute atomic E-state index is 13.8. The predicted molar refractivity (Wildman–Crippen MR) is 143 cm³/mol. The van der Waals surface area contributed by atoms with Crippen LogP contribution in [0.25, 0.3) is 16.9 Å². The third-order valence-corrected chi connectivity index (χ3v) is 7.16. The Kier molecular flexibility index (Phi) is 7.90. The first-order chi connectivity index (χ1) is 20.8. The molecule has 43 heavy (non-hydrogen) atoms. The van der Waals surface area contributed by atoms with Gasteiger partial charge in [0.15, 0.2) is 23.3 Å². The first-order valence-electron chi connectivity index (χ1n) is 13.2. The van der Waals surface area contributed by atoms with Crippen molar-refractivity contribution in [1.82, 2.24) is 29.8 Å². The molecule has 14 heteroatoms. The van der Waals surface area contributed by atoms with Crippen molar-refractivity contribution in [3.8, 4) is 22.7 Å². The van der Waals surface area contributed by atoms with Crippen LogP contribution in [0.3, 0.4) is 0 Å². The van der Waals surface area contributed by atoms with Crippen LogP contribution in [0, 0.1) is 17.5 Å². The number of rotatable bonds is 8. The summed E-state index contributed by atoms with van der Waals surface area (Å²) in [5, 5.41) is 48.4. The largest absolute Gasteiger partial charge is 0.489 e. The lowest BCUT2D eigenvalue weighted by Gasteiger charge is -2.41. The van der Waals surface area contributed by atoms with Gasteiger partial charge in [0, 0.05) is 11.6 Å². The molecule has 0 radical (unpaired) electrons. The lowest BCUT2D eigenvalue weighted by atomic mass is 9.92. The molecule has 1 fully saturated rings. The molecule has 0 spiro atoms. The van der Waals surface area contributed by atoms with E-state index in [-0.39, 0.29) is 17.1 Å². The average molecular weight is 595 g/mol. The topological polar surface area (TPSA) is 141 Å². The van der Waals surface area contributed by atoms with Crippen LogP contribution in [0.2, 0.25) is 0 Å². The van der Waals surface area contributed by atoms with Crippen molar-refractivity contribution in [2.24, 2.45) is 0 Å². The highest BCUT2D eigenvalue weighted by molar-refractivity contribution is 5.58. The second kappa shape index (κ2) is 11.9. The van der Waals surface area contributed by atoms with E-state index in [2.05, 4.69) is 20.5 Å². The number of hydrogen-bond donors (Lipinski definition) is 3. The summed E-state index contributed by atoms with van der Waals surface area (Å²) in [5.41, 5.74) is 1.43. The van der Waals surface area contributed by atoms with E-state index >= 15 is 0 Å². The van der Waals surface area contributed by atoms with Crippen molar-refractivity contribution in [2.45, 2.75) is 37.1 Å². The number of halogens is 3. The third-order valence-electron chi connectivity index (χ3n) is 7.16. The van der Waals surface area contributed by atoms with E-state index in [0.29, 0.717) is 18.0 Å². The molecule has 222 valence electrons. The fraction of sp³-hybridized carbons (Fsp3) is 0.241. The smallest absolute Gasteiger partial charge is 0.194 e. The standard InChI is InChI=1S/C29H25F3N6O5/c30-20-9-17(10-21(31)24(20)32)22-12-38(36-34-22)25-26(40)23(13-39)43-28(27(25)41)29-35-33-15-37(29)18-7-4-8-19(11-18)42-14-16-5-2-1-3-6-16/h1-12,15,23,25-28,39-41H,13-14H2/t23-,25+,26+,27-,28-/m1/s1. The fourth-order valence-corrected chi connectivity index (χ4v) is 4.99. The van der Waals surface area contributed by atoms with Crippen LogP contribution < -0.4 is 4.74 Å². The maximum atomic E-state index is 13.8. The van der Waals surface area contributed by atoms with Crippen molar-refractivity contribution in [3.05, 3.63) is 108 Å². The van der Waals surface area contributed by atoms with Gasteiger partial charge in [0.05, 0.1) is 18.5 Å². The van der Waals surface area contributed by atoms with Gasteiger partial charge in [0.25, 0.3) is 0 Å². The Morgan fingerprint density at radius 1 is 0.907 bits per heavy atom. The summed E-state index contributed by atoms with van der Waals surface area (Å²) >= 11 is 0. The van der Waals surface area contributed by atoms with E-state index in [1.807, 2.05) is 30.3 Å². The third kappa shape index (κ3) is 5.60. The van der Waals surface area contributed by atoms with Crippen molar-refractivity contribution in [2.75, 3.05) is 6.61 Å². The Bertz CT molecular complexity index is 1690. The Balaban J connectivity index is 1.29. The Hall–Kier alpha value is -4.63. The van der Waals surface area contributed by atoms with E-state index in [9.17, 15) is 28.5 Å². The zero-order chi connectivity index (χ0) is 30.1. The lowest BCUT2D eigenvalue weighted by Crippen LogP contribution is -2.53. The summed E-state index contributed by atoms with van der Waals surface area (Å²) in [6.45, 7) is -0.271. The van der Waals surface area contributed by atoms with Crippen molar-refractivity contribution < 1.29 is 38.0 Å². The first kappa shape index (κ1) is 28.5. The summed E-state index contributed by atoms with van der Waals surface area (Å²) in [4.78, 5) is 0. The molecular formula is C29H25F3N6O5. The molecule has 3 heterocycles. The highest BCUT2D eigenvalue weighted by Gasteiger charge is 2.48. The molecule has 2 aromatic heterocycles. The number of benzene rings is 3. The quantitative estimate of drug-likeness (QED) is 0.231. The molecule has 5 aromatic rings. The molecule has 5 atom stereocenters. The minimum Gasteiger partial charge on any atom is -0.489 e. The predicted octanol–water partition coefficient (Wildman–Crippen LogP) is 2.92. The highest BCUT2D eigenvalue weighted by Crippen LogP contribution is 2.38. The Morgan fingerprint density at radius 3 is 2.42 bits per heavy atom. The SMILES string of the molecule is OC[C@H]1O[C@@H](c2nncn2-c2cccc(OCc3ccccc3)c2)[C@H](O)[C@@H](n2cc(-c3cc(F)c(F)c(F)c3)nn2)[C@H]1O. The summed E-state index contributed by atoms with van der Waals surface area (Å²) < 4.78 is 55.6. The number of aromatic nitrogens is 6. The minimum absolute atomic E-state index is 0.0451. The number of aliphatic hydroxyl groups is 3. The number of hydrogen-bond acceptors (Lipinski definition) is 9. The lowest BCUT2D eigenvalue weighted by molar-refractivity contribution is -0.210. The maximum Gasteiger partial charge on any atom is 0.194 e. The minimum atomic E-state index is -1.63. The van der Waals surface area contributed by atoms with Gasteiger partial charge in [0.2, 0.25) is 0 Å². The summed E-state index contributed by atoms with van der Waals surface area (Å²) in [6, 6.07) is 17.0. The molecule has 1 saturated heterocycles. The second-order valence-corrected chi connectivity index (χ2v) is 9.92. The summed E-state index contributed by atoms with van der Waals surface area (Å²) in [5.74, 6) is -3.73. The molecule has 6 rings (SSSR count). The molecule has 3 aromatic carbocycles. The molecule has 0 bridgehead atoms. The Morgan fingerprint density at radius 2 is 1.67 bits per heavy atom. The van der Waals surface area contributed by atoms with Gasteiger partial charge in [0.1, 0.15) is 54.8 Å². The molecule has 0 unspecified atom stereocenters. The normalized spacial score (nSPS) is 22.0. The summed E-state index contributed by atoms with van der Waals surface area (Å²) in [6.07, 6.45) is -2.72. The van der Waals surface area contributed by atoms with Gasteiger partial charge in [-0.3, -0.25) is 4.57 Å². The van der Waals surface area contributed by atoms with Gasteiger partial charge >= 0.3 is 0 Å². The zero-order valence-electron chi connectivity index (χ0n) is 22.3. The van der Waals surface area contributed by atoms with Crippen molar-refractivity contribution in [1.29, 1.82) is 0 Å². The van der Waals surface area contributed by atoms with Crippen LogP contribution in [0.4, 0.5) is 13.2 Å². The molecular weight excluding hydrogens is 569 g/mol. The van der Waals surface area contributed by atoms with Gasteiger partial charge in [-0.05, 0) is 29.8 Å². The van der Waals surface area contributed by atoms with Gasteiger partial charge in [-0.1, -0.05) is 41.6 Å². The van der Waals surface area contributed by atoms with Gasteiger partial charge in [-0.15, -0.1) is 15.3 Å².